The fourth-order valence-corrected chi connectivity index (χ4v) is 4.32. The Balaban J connectivity index is 1.39. The number of nitrogens with zero attached hydrogens (tertiary/aromatic N) is 6. The summed E-state index contributed by atoms with van der Waals surface area (Å²) >= 11 is 0. The van der Waals surface area contributed by atoms with E-state index in [0.717, 1.165) is 29.8 Å². The van der Waals surface area contributed by atoms with Crippen molar-refractivity contribution in [1.82, 2.24) is 29.2 Å². The van der Waals surface area contributed by atoms with E-state index >= 15 is 0 Å². The van der Waals surface area contributed by atoms with Crippen molar-refractivity contribution in [3.05, 3.63) is 75.2 Å². The van der Waals surface area contributed by atoms with E-state index in [-0.39, 0.29) is 17.0 Å². The normalized spacial score (nSPS) is 14.0. The zero-order valence-corrected chi connectivity index (χ0v) is 19.4. The van der Waals surface area contributed by atoms with Crippen LogP contribution in [-0.4, -0.2) is 55.4 Å². The van der Waals surface area contributed by atoms with Crippen molar-refractivity contribution in [3.8, 4) is 17.1 Å². The summed E-state index contributed by atoms with van der Waals surface area (Å²) in [6, 6.07) is 13.0. The van der Waals surface area contributed by atoms with Crippen LogP contribution < -0.4 is 16.6 Å². The molecule has 5 rings (SSSR count). The first-order chi connectivity index (χ1) is 17.0. The minimum absolute atomic E-state index is 0.00513. The van der Waals surface area contributed by atoms with Crippen LogP contribution in [0.25, 0.3) is 28.2 Å². The Hall–Kier alpha value is -3.92. The Bertz CT molecular complexity index is 1460. The lowest BCUT2D eigenvalue weighted by atomic mass is 10.2. The number of halogens is 1. The monoisotopic (exact) mass is 475 g/mol. The summed E-state index contributed by atoms with van der Waals surface area (Å²) in [6.45, 7) is 4.41. The van der Waals surface area contributed by atoms with Gasteiger partial charge in [-0.2, -0.15) is 0 Å². The largest absolute Gasteiger partial charge is 0.385 e. The molecule has 0 bridgehead atoms. The molecule has 180 valence electrons. The van der Waals surface area contributed by atoms with Gasteiger partial charge in [-0.25, -0.2) is 18.7 Å². The molecule has 0 amide bonds. The van der Waals surface area contributed by atoms with E-state index in [0.29, 0.717) is 11.3 Å². The predicted molar refractivity (Wildman–Crippen MR) is 132 cm³/mol. The fraction of sp³-hybridized carbons (Fsp3) is 0.320. The quantitative estimate of drug-likeness (QED) is 0.410. The number of nitrogens with one attached hydrogen (secondary N) is 1. The molecule has 4 aromatic rings. The molecule has 0 atom stereocenters. The molecule has 10 heteroatoms. The van der Waals surface area contributed by atoms with Gasteiger partial charge in [-0.1, -0.05) is 0 Å². The molecule has 0 radical (unpaired) electrons. The second kappa shape index (κ2) is 9.75. The Labute approximate surface area is 200 Å². The number of anilines is 1. The predicted octanol–water partition coefficient (Wildman–Crippen LogP) is 2.58. The SMILES string of the molecule is Cn1c(=O)c2nc(-c3ccc(NCCCN4CCCC4)cc3)nnc2n(-c2ccc(F)cc2)c1=O. The molecule has 35 heavy (non-hydrogen) atoms. The molecule has 1 fully saturated rings. The van der Waals surface area contributed by atoms with Gasteiger partial charge in [0.15, 0.2) is 17.0 Å². The molecular formula is C25H26FN7O2. The second-order valence-corrected chi connectivity index (χ2v) is 8.67. The van der Waals surface area contributed by atoms with Crippen LogP contribution in [0.4, 0.5) is 10.1 Å². The van der Waals surface area contributed by atoms with E-state index in [9.17, 15) is 14.0 Å². The third-order valence-corrected chi connectivity index (χ3v) is 6.27. The van der Waals surface area contributed by atoms with Gasteiger partial charge in [-0.05, 0) is 87.4 Å². The molecule has 2 aromatic carbocycles. The first kappa shape index (κ1) is 22.9. The van der Waals surface area contributed by atoms with E-state index in [1.165, 1.54) is 61.8 Å². The van der Waals surface area contributed by atoms with Crippen LogP contribution in [-0.2, 0) is 7.05 Å². The zero-order chi connectivity index (χ0) is 24.4. The summed E-state index contributed by atoms with van der Waals surface area (Å²) in [5, 5.41) is 11.8. The van der Waals surface area contributed by atoms with Gasteiger partial charge < -0.3 is 10.2 Å². The van der Waals surface area contributed by atoms with Gasteiger partial charge >= 0.3 is 5.69 Å². The average Bonchev–Trinajstić information content (AvgIpc) is 3.40. The van der Waals surface area contributed by atoms with Gasteiger partial charge in [0.05, 0.1) is 5.69 Å². The molecule has 0 spiro atoms. The number of rotatable bonds is 7. The van der Waals surface area contributed by atoms with Gasteiger partial charge in [-0.15, -0.1) is 10.2 Å². The number of likely N-dealkylation sites (tertiary alicyclic amines) is 1. The van der Waals surface area contributed by atoms with Crippen LogP contribution >= 0.6 is 0 Å². The first-order valence-electron chi connectivity index (χ1n) is 11.7. The molecule has 1 N–H and O–H groups in total. The summed E-state index contributed by atoms with van der Waals surface area (Å²) in [5.41, 5.74) is 0.888. The maximum Gasteiger partial charge on any atom is 0.337 e. The van der Waals surface area contributed by atoms with Gasteiger partial charge in [0.1, 0.15) is 5.82 Å². The van der Waals surface area contributed by atoms with Crippen molar-refractivity contribution < 1.29 is 4.39 Å². The van der Waals surface area contributed by atoms with Crippen LogP contribution in [0.2, 0.25) is 0 Å². The van der Waals surface area contributed by atoms with Crippen molar-refractivity contribution in [2.24, 2.45) is 7.05 Å². The lowest BCUT2D eigenvalue weighted by molar-refractivity contribution is 0.337. The lowest BCUT2D eigenvalue weighted by Crippen LogP contribution is -2.38. The van der Waals surface area contributed by atoms with Crippen molar-refractivity contribution in [2.45, 2.75) is 19.3 Å². The molecule has 1 aliphatic rings. The molecule has 2 aromatic heterocycles. The molecule has 0 aliphatic carbocycles. The van der Waals surface area contributed by atoms with Crippen molar-refractivity contribution in [3.63, 3.8) is 0 Å². The standard InChI is InChI=1S/C25H26FN7O2/c1-31-24(34)21-23(33(25(31)35)20-11-7-18(26)8-12-20)30-29-22(28-21)17-5-9-19(10-6-17)27-13-4-16-32-14-2-3-15-32/h5-12,27H,2-4,13-16H2,1H3. The van der Waals surface area contributed by atoms with E-state index in [1.807, 2.05) is 24.3 Å². The van der Waals surface area contributed by atoms with Crippen LogP contribution in [0.5, 0.6) is 0 Å². The van der Waals surface area contributed by atoms with Crippen LogP contribution in [0.1, 0.15) is 19.3 Å². The van der Waals surface area contributed by atoms with Gasteiger partial charge in [-0.3, -0.25) is 9.36 Å². The van der Waals surface area contributed by atoms with Crippen molar-refractivity contribution in [1.29, 1.82) is 0 Å². The Morgan fingerprint density at radius 1 is 0.971 bits per heavy atom. The van der Waals surface area contributed by atoms with E-state index in [2.05, 4.69) is 25.4 Å². The van der Waals surface area contributed by atoms with Crippen molar-refractivity contribution in [2.75, 3.05) is 31.5 Å². The number of hydrogen-bond donors (Lipinski definition) is 1. The number of benzene rings is 2. The number of aromatic nitrogens is 5. The Morgan fingerprint density at radius 3 is 2.40 bits per heavy atom. The highest BCUT2D eigenvalue weighted by molar-refractivity contribution is 5.73. The fourth-order valence-electron chi connectivity index (χ4n) is 4.32. The topological polar surface area (TPSA) is 97.9 Å². The highest BCUT2D eigenvalue weighted by Crippen LogP contribution is 2.19. The van der Waals surface area contributed by atoms with Gasteiger partial charge in [0.2, 0.25) is 0 Å². The van der Waals surface area contributed by atoms with Gasteiger partial charge in [0, 0.05) is 24.8 Å². The minimum atomic E-state index is -0.613. The molecule has 3 heterocycles. The smallest absolute Gasteiger partial charge is 0.337 e. The zero-order valence-electron chi connectivity index (χ0n) is 19.4. The third kappa shape index (κ3) is 4.69. The molecule has 9 nitrogen and oxygen atoms in total. The molecular weight excluding hydrogens is 449 g/mol. The molecule has 1 saturated heterocycles. The Morgan fingerprint density at radius 2 is 1.69 bits per heavy atom. The number of hydrogen-bond acceptors (Lipinski definition) is 7. The summed E-state index contributed by atoms with van der Waals surface area (Å²) in [7, 11) is 1.37. The summed E-state index contributed by atoms with van der Waals surface area (Å²) in [5.74, 6) is -0.161. The maximum absolute atomic E-state index is 13.4. The van der Waals surface area contributed by atoms with E-state index in [4.69, 9.17) is 0 Å². The highest BCUT2D eigenvalue weighted by atomic mass is 19.1. The summed E-state index contributed by atoms with van der Waals surface area (Å²) in [6.07, 6.45) is 3.69. The average molecular weight is 476 g/mol. The molecule has 1 aliphatic heterocycles. The van der Waals surface area contributed by atoms with Gasteiger partial charge in [0.25, 0.3) is 5.56 Å². The lowest BCUT2D eigenvalue weighted by Gasteiger charge is -2.14. The Kier molecular flexibility index (Phi) is 6.37. The summed E-state index contributed by atoms with van der Waals surface area (Å²) in [4.78, 5) is 32.5. The van der Waals surface area contributed by atoms with E-state index in [1.54, 1.807) is 0 Å². The first-order valence-corrected chi connectivity index (χ1v) is 11.7. The molecule has 0 saturated carbocycles. The minimum Gasteiger partial charge on any atom is -0.385 e. The highest BCUT2D eigenvalue weighted by Gasteiger charge is 2.17. The van der Waals surface area contributed by atoms with Crippen LogP contribution in [0.3, 0.4) is 0 Å². The van der Waals surface area contributed by atoms with Crippen molar-refractivity contribution >= 4 is 16.9 Å². The van der Waals surface area contributed by atoms with Crippen LogP contribution in [0, 0.1) is 5.82 Å². The molecule has 0 unspecified atom stereocenters. The van der Waals surface area contributed by atoms with E-state index < -0.39 is 17.1 Å². The number of fused-ring (bicyclic) bond motifs is 1. The third-order valence-electron chi connectivity index (χ3n) is 6.27. The summed E-state index contributed by atoms with van der Waals surface area (Å²) < 4.78 is 15.6. The van der Waals surface area contributed by atoms with Crippen LogP contribution in [0.15, 0.2) is 58.1 Å². The maximum atomic E-state index is 13.4. The second-order valence-electron chi connectivity index (χ2n) is 8.67.